The molecule has 0 saturated heterocycles. The van der Waals surface area contributed by atoms with Crippen molar-refractivity contribution in [3.05, 3.63) is 0 Å². The molecule has 0 aliphatic rings. The number of esters is 1. The first-order valence-corrected chi connectivity index (χ1v) is 5.13. The maximum absolute atomic E-state index is 10.8. The molecule has 2 N–H and O–H groups in total. The number of carbonyl (C=O) groups excluding carboxylic acids is 1. The van der Waals surface area contributed by atoms with Crippen LogP contribution in [0.3, 0.4) is 0 Å². The summed E-state index contributed by atoms with van der Waals surface area (Å²) in [6.07, 6.45) is 1.91. The Hall–Kier alpha value is -1.10. The van der Waals surface area contributed by atoms with Crippen molar-refractivity contribution in [1.29, 1.82) is 0 Å². The molecule has 0 fully saturated rings. The molecule has 0 aliphatic heterocycles. The van der Waals surface area contributed by atoms with E-state index in [1.54, 1.807) is 6.92 Å². The second-order valence-electron chi connectivity index (χ2n) is 3.33. The molecule has 88 valence electrons. The molecular weight excluding hydrogens is 196 g/mol. The first-order chi connectivity index (χ1) is 7.10. The standard InChI is InChI=1S/C10H20N2O3/c1-4-9(6-5-8(2)13)12-11-7-10(14)15-3/h8,11,13H,4-7H2,1-3H3/b12-9+. The van der Waals surface area contributed by atoms with Crippen LogP contribution in [0.1, 0.15) is 33.1 Å². The molecule has 0 aromatic rings. The summed E-state index contributed by atoms with van der Waals surface area (Å²) < 4.78 is 4.45. The first-order valence-electron chi connectivity index (χ1n) is 5.13. The number of nitrogens with zero attached hydrogens (tertiary/aromatic N) is 1. The Morgan fingerprint density at radius 1 is 1.60 bits per heavy atom. The second kappa shape index (κ2) is 8.23. The molecule has 0 heterocycles. The summed E-state index contributed by atoms with van der Waals surface area (Å²) in [6.45, 7) is 3.81. The molecule has 0 aromatic heterocycles. The summed E-state index contributed by atoms with van der Waals surface area (Å²) in [4.78, 5) is 10.8. The van der Waals surface area contributed by atoms with Gasteiger partial charge in [0, 0.05) is 5.71 Å². The first kappa shape index (κ1) is 13.9. The largest absolute Gasteiger partial charge is 0.468 e. The highest BCUT2D eigenvalue weighted by Gasteiger charge is 2.01. The van der Waals surface area contributed by atoms with Crippen molar-refractivity contribution in [3.63, 3.8) is 0 Å². The maximum Gasteiger partial charge on any atom is 0.326 e. The van der Waals surface area contributed by atoms with Crippen LogP contribution in [0.4, 0.5) is 0 Å². The molecule has 0 rings (SSSR count). The molecule has 0 bridgehead atoms. The summed E-state index contributed by atoms with van der Waals surface area (Å²) in [5.41, 5.74) is 3.59. The van der Waals surface area contributed by atoms with E-state index in [1.165, 1.54) is 7.11 Å². The van der Waals surface area contributed by atoms with Gasteiger partial charge in [-0.05, 0) is 26.2 Å². The van der Waals surface area contributed by atoms with E-state index in [4.69, 9.17) is 5.11 Å². The number of hydrogen-bond donors (Lipinski definition) is 2. The smallest absolute Gasteiger partial charge is 0.326 e. The molecule has 1 unspecified atom stereocenters. The quantitative estimate of drug-likeness (QED) is 0.373. The van der Waals surface area contributed by atoms with Crippen molar-refractivity contribution in [2.24, 2.45) is 5.10 Å². The zero-order valence-electron chi connectivity index (χ0n) is 9.62. The Labute approximate surface area is 90.5 Å². The fraction of sp³-hybridized carbons (Fsp3) is 0.800. The summed E-state index contributed by atoms with van der Waals surface area (Å²) in [6, 6.07) is 0. The lowest BCUT2D eigenvalue weighted by Crippen LogP contribution is -2.21. The molecule has 5 heteroatoms. The van der Waals surface area contributed by atoms with Gasteiger partial charge in [-0.3, -0.25) is 10.2 Å². The van der Waals surface area contributed by atoms with E-state index in [-0.39, 0.29) is 18.6 Å². The van der Waals surface area contributed by atoms with Gasteiger partial charge in [0.15, 0.2) is 0 Å². The number of rotatable bonds is 7. The van der Waals surface area contributed by atoms with Gasteiger partial charge in [-0.1, -0.05) is 6.92 Å². The van der Waals surface area contributed by atoms with E-state index >= 15 is 0 Å². The third-order valence-corrected chi connectivity index (χ3v) is 1.95. The van der Waals surface area contributed by atoms with Gasteiger partial charge < -0.3 is 9.84 Å². The van der Waals surface area contributed by atoms with Gasteiger partial charge in [0.25, 0.3) is 0 Å². The number of aliphatic hydroxyl groups is 1. The summed E-state index contributed by atoms with van der Waals surface area (Å²) in [7, 11) is 1.34. The zero-order valence-corrected chi connectivity index (χ0v) is 9.62. The van der Waals surface area contributed by atoms with Crippen LogP contribution in [-0.4, -0.2) is 36.5 Å². The van der Waals surface area contributed by atoms with E-state index in [1.807, 2.05) is 6.92 Å². The highest BCUT2D eigenvalue weighted by atomic mass is 16.5. The number of methoxy groups -OCH3 is 1. The van der Waals surface area contributed by atoms with Gasteiger partial charge in [-0.2, -0.15) is 5.10 Å². The van der Waals surface area contributed by atoms with Crippen LogP contribution in [0.2, 0.25) is 0 Å². The Kier molecular flexibility index (Phi) is 7.62. The predicted octanol–water partition coefficient (Wildman–Crippen LogP) is 0.676. The number of aliphatic hydroxyl groups excluding tert-OH is 1. The minimum atomic E-state index is -0.343. The SMILES string of the molecule is CC/C(CCC(C)O)=N\NCC(=O)OC. The van der Waals surface area contributed by atoms with Crippen molar-refractivity contribution in [3.8, 4) is 0 Å². The Morgan fingerprint density at radius 3 is 2.73 bits per heavy atom. The molecule has 5 nitrogen and oxygen atoms in total. The number of hydrazone groups is 1. The van der Waals surface area contributed by atoms with E-state index in [9.17, 15) is 4.79 Å². The van der Waals surface area contributed by atoms with Crippen LogP contribution in [-0.2, 0) is 9.53 Å². The molecular formula is C10H20N2O3. The summed E-state index contributed by atoms with van der Waals surface area (Å²) in [5, 5.41) is 13.2. The van der Waals surface area contributed by atoms with Gasteiger partial charge >= 0.3 is 5.97 Å². The normalized spacial score (nSPS) is 13.5. The van der Waals surface area contributed by atoms with Crippen molar-refractivity contribution in [2.45, 2.75) is 39.2 Å². The Morgan fingerprint density at radius 2 is 2.27 bits per heavy atom. The van der Waals surface area contributed by atoms with Gasteiger partial charge in [0.2, 0.25) is 0 Å². The summed E-state index contributed by atoms with van der Waals surface area (Å²) >= 11 is 0. The molecule has 1 atom stereocenters. The molecule has 0 radical (unpaired) electrons. The lowest BCUT2D eigenvalue weighted by Gasteiger charge is -2.06. The van der Waals surface area contributed by atoms with Crippen LogP contribution in [0, 0.1) is 0 Å². The van der Waals surface area contributed by atoms with Crippen molar-refractivity contribution < 1.29 is 14.6 Å². The van der Waals surface area contributed by atoms with Gasteiger partial charge in [-0.15, -0.1) is 0 Å². The average Bonchev–Trinajstić information content (AvgIpc) is 2.22. The zero-order chi connectivity index (χ0) is 11.7. The highest BCUT2D eigenvalue weighted by Crippen LogP contribution is 2.00. The van der Waals surface area contributed by atoms with Gasteiger partial charge in [0.1, 0.15) is 6.54 Å². The number of hydrogen-bond acceptors (Lipinski definition) is 5. The van der Waals surface area contributed by atoms with Crippen LogP contribution in [0.5, 0.6) is 0 Å². The Balaban J connectivity index is 3.83. The van der Waals surface area contributed by atoms with Crippen molar-refractivity contribution in [2.75, 3.05) is 13.7 Å². The average molecular weight is 216 g/mol. The lowest BCUT2D eigenvalue weighted by atomic mass is 10.1. The minimum absolute atomic E-state index is 0.0781. The predicted molar refractivity (Wildman–Crippen MR) is 58.7 cm³/mol. The molecule has 0 amide bonds. The second-order valence-corrected chi connectivity index (χ2v) is 3.33. The fourth-order valence-electron chi connectivity index (χ4n) is 0.975. The van der Waals surface area contributed by atoms with E-state index < -0.39 is 0 Å². The van der Waals surface area contributed by atoms with Crippen molar-refractivity contribution in [1.82, 2.24) is 5.43 Å². The van der Waals surface area contributed by atoms with E-state index in [0.717, 1.165) is 18.6 Å². The molecule has 0 aliphatic carbocycles. The van der Waals surface area contributed by atoms with Crippen molar-refractivity contribution >= 4 is 11.7 Å². The molecule has 15 heavy (non-hydrogen) atoms. The third kappa shape index (κ3) is 7.93. The van der Waals surface area contributed by atoms with Gasteiger partial charge in [0.05, 0.1) is 13.2 Å². The van der Waals surface area contributed by atoms with Crippen LogP contribution in [0.25, 0.3) is 0 Å². The molecule has 0 aromatic carbocycles. The molecule has 0 saturated carbocycles. The third-order valence-electron chi connectivity index (χ3n) is 1.95. The number of nitrogens with one attached hydrogen (secondary N) is 1. The highest BCUT2D eigenvalue weighted by molar-refractivity contribution is 5.84. The molecule has 0 spiro atoms. The van der Waals surface area contributed by atoms with E-state index in [0.29, 0.717) is 6.42 Å². The summed E-state index contributed by atoms with van der Waals surface area (Å²) in [5.74, 6) is -0.343. The van der Waals surface area contributed by atoms with Crippen LogP contribution in [0.15, 0.2) is 5.10 Å². The minimum Gasteiger partial charge on any atom is -0.468 e. The lowest BCUT2D eigenvalue weighted by molar-refractivity contribution is -0.139. The maximum atomic E-state index is 10.8. The Bertz CT molecular complexity index is 215. The number of carbonyl (C=O) groups is 1. The fourth-order valence-corrected chi connectivity index (χ4v) is 0.975. The van der Waals surface area contributed by atoms with E-state index in [2.05, 4.69) is 15.3 Å². The topological polar surface area (TPSA) is 70.9 Å². The number of ether oxygens (including phenoxy) is 1. The van der Waals surface area contributed by atoms with Crippen LogP contribution < -0.4 is 5.43 Å². The monoisotopic (exact) mass is 216 g/mol. The van der Waals surface area contributed by atoms with Crippen LogP contribution >= 0.6 is 0 Å². The van der Waals surface area contributed by atoms with Gasteiger partial charge in [-0.25, -0.2) is 0 Å².